The van der Waals surface area contributed by atoms with Gasteiger partial charge in [-0.2, -0.15) is 0 Å². The largest absolute Gasteiger partial charge is 0.301 e. The molecular formula is C20H18FN3OS. The number of Topliss-reactive ketones (excluding diaryl/α,β-unsaturated/α-hetero) is 1. The molecule has 1 fully saturated rings. The number of benzene rings is 2. The molecule has 0 unspecified atom stereocenters. The van der Waals surface area contributed by atoms with Gasteiger partial charge in [0.15, 0.2) is 10.9 Å². The second-order valence-electron chi connectivity index (χ2n) is 6.41. The third-order valence-electron chi connectivity index (χ3n) is 4.37. The van der Waals surface area contributed by atoms with E-state index in [0.717, 1.165) is 23.8 Å². The number of carbonyl (C=O) groups excluding carboxylic acids is 1. The van der Waals surface area contributed by atoms with Gasteiger partial charge in [0.05, 0.1) is 12.3 Å². The third kappa shape index (κ3) is 3.85. The van der Waals surface area contributed by atoms with Gasteiger partial charge in [0, 0.05) is 11.5 Å². The molecule has 0 radical (unpaired) electrons. The first-order valence-electron chi connectivity index (χ1n) is 8.59. The number of rotatable bonds is 7. The number of ketones is 1. The number of aromatic nitrogens is 3. The lowest BCUT2D eigenvalue weighted by atomic mass is 10.1. The molecule has 26 heavy (non-hydrogen) atoms. The van der Waals surface area contributed by atoms with Crippen LogP contribution in [0, 0.1) is 5.82 Å². The molecule has 4 rings (SSSR count). The van der Waals surface area contributed by atoms with Crippen LogP contribution in [0.5, 0.6) is 0 Å². The van der Waals surface area contributed by atoms with E-state index in [4.69, 9.17) is 0 Å². The molecule has 4 nitrogen and oxygen atoms in total. The minimum atomic E-state index is -0.342. The molecule has 0 saturated heterocycles. The first-order valence-corrected chi connectivity index (χ1v) is 9.58. The van der Waals surface area contributed by atoms with Gasteiger partial charge in [-0.05, 0) is 42.7 Å². The van der Waals surface area contributed by atoms with E-state index in [1.54, 1.807) is 0 Å². The van der Waals surface area contributed by atoms with Crippen molar-refractivity contribution < 1.29 is 9.18 Å². The highest BCUT2D eigenvalue weighted by atomic mass is 32.2. The number of thioether (sulfide) groups is 1. The standard InChI is InChI=1S/C20H18FN3OS/c21-17-10-8-15(9-11-17)18(25)13-26-20-23-22-19(16-6-7-16)24(20)12-14-4-2-1-3-5-14/h1-5,8-11,16H,6-7,12-13H2. The zero-order chi connectivity index (χ0) is 17.9. The lowest BCUT2D eigenvalue weighted by molar-refractivity contribution is 0.102. The highest BCUT2D eigenvalue weighted by Crippen LogP contribution is 2.40. The Labute approximate surface area is 155 Å². The summed E-state index contributed by atoms with van der Waals surface area (Å²) in [5.41, 5.74) is 1.69. The minimum Gasteiger partial charge on any atom is -0.301 e. The van der Waals surface area contributed by atoms with Gasteiger partial charge in [0.25, 0.3) is 0 Å². The molecule has 1 heterocycles. The molecule has 0 N–H and O–H groups in total. The molecule has 0 amide bonds. The van der Waals surface area contributed by atoms with Crippen molar-refractivity contribution in [1.82, 2.24) is 14.8 Å². The van der Waals surface area contributed by atoms with Crippen molar-refractivity contribution >= 4 is 17.5 Å². The number of carbonyl (C=O) groups is 1. The third-order valence-corrected chi connectivity index (χ3v) is 5.34. The lowest BCUT2D eigenvalue weighted by Gasteiger charge is -2.10. The van der Waals surface area contributed by atoms with Crippen LogP contribution in [-0.2, 0) is 6.54 Å². The van der Waals surface area contributed by atoms with E-state index in [0.29, 0.717) is 18.0 Å². The second kappa shape index (κ2) is 7.41. The lowest BCUT2D eigenvalue weighted by Crippen LogP contribution is -2.08. The molecule has 0 aliphatic heterocycles. The van der Waals surface area contributed by atoms with Crippen molar-refractivity contribution in [1.29, 1.82) is 0 Å². The Morgan fingerprint density at radius 2 is 1.81 bits per heavy atom. The molecule has 132 valence electrons. The Kier molecular flexibility index (Phi) is 4.84. The smallest absolute Gasteiger partial charge is 0.191 e. The van der Waals surface area contributed by atoms with Crippen molar-refractivity contribution in [2.75, 3.05) is 5.75 Å². The summed E-state index contributed by atoms with van der Waals surface area (Å²) in [5.74, 6) is 1.35. The van der Waals surface area contributed by atoms with Crippen molar-refractivity contribution in [2.24, 2.45) is 0 Å². The van der Waals surface area contributed by atoms with Gasteiger partial charge < -0.3 is 4.57 Å². The maximum atomic E-state index is 13.0. The summed E-state index contributed by atoms with van der Waals surface area (Å²) in [5, 5.41) is 9.44. The second-order valence-corrected chi connectivity index (χ2v) is 7.35. The van der Waals surface area contributed by atoms with E-state index in [9.17, 15) is 9.18 Å². The van der Waals surface area contributed by atoms with E-state index < -0.39 is 0 Å². The maximum absolute atomic E-state index is 13.0. The molecule has 0 atom stereocenters. The van der Waals surface area contributed by atoms with Crippen LogP contribution < -0.4 is 0 Å². The Bertz CT molecular complexity index is 905. The van der Waals surface area contributed by atoms with Gasteiger partial charge in [0.1, 0.15) is 11.6 Å². The Hall–Kier alpha value is -2.47. The summed E-state index contributed by atoms with van der Waals surface area (Å²) in [4.78, 5) is 12.4. The van der Waals surface area contributed by atoms with E-state index >= 15 is 0 Å². The van der Waals surface area contributed by atoms with Crippen LogP contribution in [0.4, 0.5) is 4.39 Å². The average molecular weight is 367 g/mol. The SMILES string of the molecule is O=C(CSc1nnc(C2CC2)n1Cc1ccccc1)c1ccc(F)cc1. The monoisotopic (exact) mass is 367 g/mol. The first-order chi connectivity index (χ1) is 12.7. The van der Waals surface area contributed by atoms with E-state index in [1.807, 2.05) is 18.2 Å². The van der Waals surface area contributed by atoms with Crippen LogP contribution >= 0.6 is 11.8 Å². The highest BCUT2D eigenvalue weighted by Gasteiger charge is 2.30. The average Bonchev–Trinajstić information content (AvgIpc) is 3.43. The molecule has 1 aliphatic carbocycles. The van der Waals surface area contributed by atoms with Gasteiger partial charge >= 0.3 is 0 Å². The minimum absolute atomic E-state index is 0.0442. The fourth-order valence-corrected chi connectivity index (χ4v) is 3.65. The number of hydrogen-bond donors (Lipinski definition) is 0. The van der Waals surface area contributed by atoms with Gasteiger partial charge in [-0.25, -0.2) is 4.39 Å². The van der Waals surface area contributed by atoms with Gasteiger partial charge in [0.2, 0.25) is 0 Å². The van der Waals surface area contributed by atoms with Crippen LogP contribution in [-0.4, -0.2) is 26.3 Å². The summed E-state index contributed by atoms with van der Waals surface area (Å²) < 4.78 is 15.1. The number of halogens is 1. The first kappa shape index (κ1) is 17.0. The molecule has 1 aromatic heterocycles. The van der Waals surface area contributed by atoms with Crippen LogP contribution in [0.3, 0.4) is 0 Å². The molecule has 0 bridgehead atoms. The molecule has 2 aromatic carbocycles. The predicted molar refractivity (Wildman–Crippen MR) is 99.0 cm³/mol. The number of nitrogens with zero attached hydrogens (tertiary/aromatic N) is 3. The van der Waals surface area contributed by atoms with Crippen molar-refractivity contribution in [3.8, 4) is 0 Å². The summed E-state index contributed by atoms with van der Waals surface area (Å²) in [7, 11) is 0. The predicted octanol–water partition coefficient (Wildman–Crippen LogP) is 4.32. The Morgan fingerprint density at radius 3 is 2.50 bits per heavy atom. The topological polar surface area (TPSA) is 47.8 Å². The summed E-state index contributed by atoms with van der Waals surface area (Å²) in [6.45, 7) is 0.701. The molecule has 3 aromatic rings. The van der Waals surface area contributed by atoms with E-state index in [-0.39, 0.29) is 17.4 Å². The Morgan fingerprint density at radius 1 is 1.08 bits per heavy atom. The summed E-state index contributed by atoms with van der Waals surface area (Å²) in [6.07, 6.45) is 2.29. The van der Waals surface area contributed by atoms with Gasteiger partial charge in [-0.3, -0.25) is 4.79 Å². The molecule has 1 aliphatic rings. The zero-order valence-electron chi connectivity index (χ0n) is 14.1. The van der Waals surface area contributed by atoms with Crippen LogP contribution in [0.1, 0.15) is 40.5 Å². The fourth-order valence-electron chi connectivity index (χ4n) is 2.81. The normalized spacial score (nSPS) is 13.7. The van der Waals surface area contributed by atoms with Gasteiger partial charge in [-0.1, -0.05) is 42.1 Å². The maximum Gasteiger partial charge on any atom is 0.191 e. The molecule has 0 spiro atoms. The molecule has 1 saturated carbocycles. The van der Waals surface area contributed by atoms with Crippen LogP contribution in [0.25, 0.3) is 0 Å². The van der Waals surface area contributed by atoms with E-state index in [2.05, 4.69) is 26.9 Å². The summed E-state index contributed by atoms with van der Waals surface area (Å²) in [6, 6.07) is 15.8. The van der Waals surface area contributed by atoms with Crippen molar-refractivity contribution in [3.63, 3.8) is 0 Å². The van der Waals surface area contributed by atoms with Gasteiger partial charge in [-0.15, -0.1) is 10.2 Å². The number of hydrogen-bond acceptors (Lipinski definition) is 4. The van der Waals surface area contributed by atoms with Crippen molar-refractivity contribution in [2.45, 2.75) is 30.5 Å². The Balaban J connectivity index is 1.51. The van der Waals surface area contributed by atoms with Crippen molar-refractivity contribution in [3.05, 3.63) is 77.4 Å². The highest BCUT2D eigenvalue weighted by molar-refractivity contribution is 7.99. The van der Waals surface area contributed by atoms with Crippen LogP contribution in [0.2, 0.25) is 0 Å². The molecular weight excluding hydrogens is 349 g/mol. The van der Waals surface area contributed by atoms with Crippen LogP contribution in [0.15, 0.2) is 59.8 Å². The zero-order valence-corrected chi connectivity index (χ0v) is 15.0. The summed E-state index contributed by atoms with van der Waals surface area (Å²) >= 11 is 1.39. The van der Waals surface area contributed by atoms with E-state index in [1.165, 1.54) is 41.6 Å². The molecule has 6 heteroatoms. The fraction of sp³-hybridized carbons (Fsp3) is 0.250. The quantitative estimate of drug-likeness (QED) is 0.461.